The van der Waals surface area contributed by atoms with Gasteiger partial charge in [0.1, 0.15) is 5.88 Å². The predicted octanol–water partition coefficient (Wildman–Crippen LogP) is 3.39. The number of carbonyl (C=O) groups excluding carboxylic acids is 1. The molecule has 0 saturated heterocycles. The Bertz CT molecular complexity index is 776. The second-order valence-corrected chi connectivity index (χ2v) is 6.44. The van der Waals surface area contributed by atoms with Crippen molar-refractivity contribution in [3.8, 4) is 11.5 Å². The minimum absolute atomic E-state index is 0.0950. The molecule has 0 fully saturated rings. The molecular weight excluding hydrogens is 336 g/mol. The van der Waals surface area contributed by atoms with Crippen LogP contribution in [0.3, 0.4) is 0 Å². The van der Waals surface area contributed by atoms with E-state index in [1.54, 1.807) is 11.3 Å². The smallest absolute Gasteiger partial charge is 0.258 e. The number of rotatable bonds is 3. The van der Waals surface area contributed by atoms with Gasteiger partial charge in [-0.1, -0.05) is 12.1 Å². The van der Waals surface area contributed by atoms with Gasteiger partial charge in [0.2, 0.25) is 6.79 Å². The van der Waals surface area contributed by atoms with E-state index in [1.165, 1.54) is 5.01 Å². The first kappa shape index (κ1) is 14.5. The van der Waals surface area contributed by atoms with E-state index >= 15 is 0 Å². The van der Waals surface area contributed by atoms with E-state index < -0.39 is 0 Å². The third-order valence-corrected chi connectivity index (χ3v) is 5.01. The minimum Gasteiger partial charge on any atom is -0.454 e. The highest BCUT2D eigenvalue weighted by Gasteiger charge is 2.33. The summed E-state index contributed by atoms with van der Waals surface area (Å²) in [4.78, 5) is 13.3. The van der Waals surface area contributed by atoms with Crippen LogP contribution in [0.25, 0.3) is 0 Å². The largest absolute Gasteiger partial charge is 0.454 e. The van der Waals surface area contributed by atoms with Crippen molar-refractivity contribution in [2.45, 2.75) is 12.5 Å². The van der Waals surface area contributed by atoms with E-state index in [9.17, 15) is 4.79 Å². The van der Waals surface area contributed by atoms with Gasteiger partial charge >= 0.3 is 0 Å². The second kappa shape index (κ2) is 5.86. The van der Waals surface area contributed by atoms with E-state index in [0.717, 1.165) is 21.9 Å². The topological polar surface area (TPSA) is 51.1 Å². The zero-order valence-corrected chi connectivity index (χ0v) is 13.6. The van der Waals surface area contributed by atoms with Crippen molar-refractivity contribution >= 4 is 34.6 Å². The first-order chi connectivity index (χ1) is 11.3. The van der Waals surface area contributed by atoms with Gasteiger partial charge in [-0.2, -0.15) is 5.10 Å². The van der Waals surface area contributed by atoms with E-state index in [-0.39, 0.29) is 24.6 Å². The summed E-state index contributed by atoms with van der Waals surface area (Å²) in [5.74, 6) is 1.12. The number of fused-ring (bicyclic) bond motifs is 1. The number of halogens is 1. The van der Waals surface area contributed by atoms with Gasteiger partial charge in [0, 0.05) is 6.42 Å². The van der Waals surface area contributed by atoms with Crippen LogP contribution in [0.4, 0.5) is 0 Å². The Morgan fingerprint density at radius 3 is 3.00 bits per heavy atom. The number of hydrazone groups is 1. The van der Waals surface area contributed by atoms with Crippen LogP contribution >= 0.6 is 22.9 Å². The van der Waals surface area contributed by atoms with Gasteiger partial charge in [-0.15, -0.1) is 22.9 Å². The average molecular weight is 349 g/mol. The van der Waals surface area contributed by atoms with Crippen LogP contribution in [-0.2, 0) is 4.79 Å². The van der Waals surface area contributed by atoms with Crippen LogP contribution in [0.5, 0.6) is 11.5 Å². The van der Waals surface area contributed by atoms with Crippen molar-refractivity contribution < 1.29 is 14.3 Å². The van der Waals surface area contributed by atoms with Gasteiger partial charge in [0.05, 0.1) is 16.6 Å². The predicted molar refractivity (Wildman–Crippen MR) is 88.3 cm³/mol. The molecule has 1 atom stereocenters. The van der Waals surface area contributed by atoms with Crippen LogP contribution < -0.4 is 9.47 Å². The molecule has 3 heterocycles. The average Bonchev–Trinajstić information content (AvgIpc) is 3.31. The number of thiophene rings is 1. The highest BCUT2D eigenvalue weighted by atomic mass is 35.5. The third-order valence-electron chi connectivity index (χ3n) is 3.87. The van der Waals surface area contributed by atoms with Crippen molar-refractivity contribution in [3.63, 3.8) is 0 Å². The SMILES string of the molecule is O=C(CCl)N1N=C(c2cccs2)C[C@H]1c1ccc2c(c1)OCO2. The number of alkyl halides is 1. The number of hydrogen-bond donors (Lipinski definition) is 0. The van der Waals surface area contributed by atoms with Gasteiger partial charge in [-0.25, -0.2) is 5.01 Å². The van der Waals surface area contributed by atoms with Crippen molar-refractivity contribution in [1.29, 1.82) is 0 Å². The fourth-order valence-electron chi connectivity index (χ4n) is 2.77. The lowest BCUT2D eigenvalue weighted by Crippen LogP contribution is -2.27. The Labute approximate surface area is 142 Å². The molecule has 2 aromatic rings. The molecule has 7 heteroatoms. The van der Waals surface area contributed by atoms with Gasteiger partial charge in [-0.3, -0.25) is 4.79 Å². The number of amides is 1. The van der Waals surface area contributed by atoms with Crippen molar-refractivity contribution in [3.05, 3.63) is 46.2 Å². The molecule has 0 saturated carbocycles. The van der Waals surface area contributed by atoms with E-state index in [4.69, 9.17) is 21.1 Å². The third kappa shape index (κ3) is 2.58. The molecular formula is C16H13ClN2O3S. The number of benzene rings is 1. The van der Waals surface area contributed by atoms with Gasteiger partial charge in [0.15, 0.2) is 11.5 Å². The maximum atomic E-state index is 12.2. The van der Waals surface area contributed by atoms with Crippen LogP contribution in [0.1, 0.15) is 22.9 Å². The summed E-state index contributed by atoms with van der Waals surface area (Å²) in [6.45, 7) is 0.227. The maximum Gasteiger partial charge on any atom is 0.258 e. The normalized spacial score (nSPS) is 19.1. The standard InChI is InChI=1S/C16H13ClN2O3S/c17-8-16(20)19-12(7-11(18-19)15-2-1-5-23-15)10-3-4-13-14(6-10)22-9-21-13/h1-6,12H,7-9H2/t12-/m0/s1. The van der Waals surface area contributed by atoms with Crippen molar-refractivity contribution in [2.75, 3.05) is 12.7 Å². The number of nitrogens with zero attached hydrogens (tertiary/aromatic N) is 2. The number of hydrogen-bond acceptors (Lipinski definition) is 5. The molecule has 5 nitrogen and oxygen atoms in total. The quantitative estimate of drug-likeness (QED) is 0.799. The van der Waals surface area contributed by atoms with Crippen LogP contribution in [0.2, 0.25) is 0 Å². The van der Waals surface area contributed by atoms with E-state index in [1.807, 2.05) is 35.7 Å². The lowest BCUT2D eigenvalue weighted by molar-refractivity contribution is -0.130. The summed E-state index contributed by atoms with van der Waals surface area (Å²) in [6, 6.07) is 9.53. The van der Waals surface area contributed by atoms with E-state index in [2.05, 4.69) is 5.10 Å². The lowest BCUT2D eigenvalue weighted by atomic mass is 10.0. The van der Waals surface area contributed by atoms with Gasteiger partial charge in [-0.05, 0) is 29.1 Å². The molecule has 1 amide bonds. The molecule has 0 N–H and O–H groups in total. The Morgan fingerprint density at radius 2 is 2.22 bits per heavy atom. The van der Waals surface area contributed by atoms with Gasteiger partial charge in [0.25, 0.3) is 5.91 Å². The molecule has 1 aromatic heterocycles. The highest BCUT2D eigenvalue weighted by molar-refractivity contribution is 7.12. The monoisotopic (exact) mass is 348 g/mol. The zero-order valence-electron chi connectivity index (χ0n) is 12.1. The fraction of sp³-hybridized carbons (Fsp3) is 0.250. The Balaban J connectivity index is 1.68. The molecule has 0 bridgehead atoms. The molecule has 0 aliphatic carbocycles. The highest BCUT2D eigenvalue weighted by Crippen LogP contribution is 2.39. The van der Waals surface area contributed by atoms with Crippen molar-refractivity contribution in [2.24, 2.45) is 5.10 Å². The maximum absolute atomic E-state index is 12.2. The molecule has 118 valence electrons. The fourth-order valence-corrected chi connectivity index (χ4v) is 3.62. The summed E-state index contributed by atoms with van der Waals surface area (Å²) in [7, 11) is 0. The van der Waals surface area contributed by atoms with E-state index in [0.29, 0.717) is 12.2 Å². The summed E-state index contributed by atoms with van der Waals surface area (Å²) in [6.07, 6.45) is 0.656. The Hall–Kier alpha value is -2.05. The Morgan fingerprint density at radius 1 is 1.35 bits per heavy atom. The van der Waals surface area contributed by atoms with Gasteiger partial charge < -0.3 is 9.47 Å². The molecule has 2 aliphatic rings. The van der Waals surface area contributed by atoms with Crippen LogP contribution in [0.15, 0.2) is 40.8 Å². The molecule has 23 heavy (non-hydrogen) atoms. The summed E-state index contributed by atoms with van der Waals surface area (Å²) in [5, 5.41) is 7.99. The van der Waals surface area contributed by atoms with Crippen LogP contribution in [0, 0.1) is 0 Å². The summed E-state index contributed by atoms with van der Waals surface area (Å²) >= 11 is 7.36. The van der Waals surface area contributed by atoms with Crippen molar-refractivity contribution in [1.82, 2.24) is 5.01 Å². The number of carbonyl (C=O) groups is 1. The zero-order chi connectivity index (χ0) is 15.8. The first-order valence-electron chi connectivity index (χ1n) is 7.15. The summed E-state index contributed by atoms with van der Waals surface area (Å²) in [5.41, 5.74) is 1.86. The molecule has 2 aliphatic heterocycles. The molecule has 4 rings (SSSR count). The first-order valence-corrected chi connectivity index (χ1v) is 8.56. The number of ether oxygens (including phenoxy) is 2. The molecule has 0 spiro atoms. The van der Waals surface area contributed by atoms with Crippen LogP contribution in [-0.4, -0.2) is 29.3 Å². The molecule has 0 radical (unpaired) electrons. The second-order valence-electron chi connectivity index (χ2n) is 5.23. The molecule has 0 unspecified atom stereocenters. The minimum atomic E-state index is -0.208. The molecule has 1 aromatic carbocycles. The summed E-state index contributed by atoms with van der Waals surface area (Å²) < 4.78 is 10.8. The Kier molecular flexibility index (Phi) is 3.71. The lowest BCUT2D eigenvalue weighted by Gasteiger charge is -2.21.